The van der Waals surface area contributed by atoms with Gasteiger partial charge in [-0.3, -0.25) is 4.90 Å². The van der Waals surface area contributed by atoms with Gasteiger partial charge in [0.25, 0.3) is 0 Å². The fourth-order valence-corrected chi connectivity index (χ4v) is 3.97. The van der Waals surface area contributed by atoms with Crippen LogP contribution in [0.5, 0.6) is 5.75 Å². The van der Waals surface area contributed by atoms with E-state index in [1.807, 2.05) is 30.3 Å². The zero-order chi connectivity index (χ0) is 19.8. The fraction of sp³-hybridized carbons (Fsp3) is 0.500. The lowest BCUT2D eigenvalue weighted by molar-refractivity contribution is -0.0250. The van der Waals surface area contributed by atoms with Crippen LogP contribution in [0.2, 0.25) is 0 Å². The van der Waals surface area contributed by atoms with E-state index < -0.39 is 5.60 Å². The summed E-state index contributed by atoms with van der Waals surface area (Å²) in [5.41, 5.74) is 1.17. The summed E-state index contributed by atoms with van der Waals surface area (Å²) in [6, 6.07) is 18.4. The zero-order valence-corrected chi connectivity index (χ0v) is 17.1. The molecule has 1 saturated heterocycles. The van der Waals surface area contributed by atoms with E-state index in [1.165, 1.54) is 5.56 Å². The van der Waals surface area contributed by atoms with Crippen molar-refractivity contribution in [3.8, 4) is 5.75 Å². The lowest BCUT2D eigenvalue weighted by Crippen LogP contribution is -2.44. The Kier molecular flexibility index (Phi) is 7.49. The summed E-state index contributed by atoms with van der Waals surface area (Å²) in [5.74, 6) is 0.840. The Hall–Kier alpha value is -1.88. The molecule has 0 bridgehead atoms. The van der Waals surface area contributed by atoms with Crippen molar-refractivity contribution in [2.24, 2.45) is 0 Å². The first kappa shape index (κ1) is 20.8. The number of ether oxygens (including phenoxy) is 2. The van der Waals surface area contributed by atoms with Crippen molar-refractivity contribution in [2.75, 3.05) is 39.5 Å². The van der Waals surface area contributed by atoms with Crippen LogP contribution in [0.15, 0.2) is 54.6 Å². The highest BCUT2D eigenvalue weighted by molar-refractivity contribution is 5.35. The van der Waals surface area contributed by atoms with E-state index >= 15 is 0 Å². The smallest absolute Gasteiger partial charge is 0.119 e. The van der Waals surface area contributed by atoms with Gasteiger partial charge in [0.05, 0.1) is 25.4 Å². The van der Waals surface area contributed by atoms with E-state index in [1.54, 1.807) is 0 Å². The van der Waals surface area contributed by atoms with Gasteiger partial charge in [-0.25, -0.2) is 0 Å². The third-order valence-electron chi connectivity index (χ3n) is 5.69. The maximum Gasteiger partial charge on any atom is 0.119 e. The molecule has 3 rings (SSSR count). The zero-order valence-electron chi connectivity index (χ0n) is 17.1. The summed E-state index contributed by atoms with van der Waals surface area (Å²) in [5, 5.41) is 11.9. The number of nitrogens with zero attached hydrogens (tertiary/aromatic N) is 1. The fourth-order valence-electron chi connectivity index (χ4n) is 3.97. The molecule has 2 aromatic rings. The second-order valence-corrected chi connectivity index (χ2v) is 7.53. The molecule has 0 saturated carbocycles. The molecule has 1 heterocycles. The molecule has 0 spiro atoms. The SMILES string of the molecule is CCCOc1ccc(C(O)(CC)C(CN2CCOCC2)c2ccccc2)cc1. The van der Waals surface area contributed by atoms with Gasteiger partial charge in [0.2, 0.25) is 0 Å². The van der Waals surface area contributed by atoms with E-state index in [-0.39, 0.29) is 5.92 Å². The average Bonchev–Trinajstić information content (AvgIpc) is 2.77. The van der Waals surface area contributed by atoms with E-state index in [0.717, 1.165) is 50.6 Å². The Bertz CT molecular complexity index is 698. The number of rotatable bonds is 9. The minimum Gasteiger partial charge on any atom is -0.494 e. The third-order valence-corrected chi connectivity index (χ3v) is 5.69. The van der Waals surface area contributed by atoms with Gasteiger partial charge < -0.3 is 14.6 Å². The molecule has 2 aromatic carbocycles. The van der Waals surface area contributed by atoms with Crippen molar-refractivity contribution in [3.63, 3.8) is 0 Å². The third kappa shape index (κ3) is 4.93. The van der Waals surface area contributed by atoms with Crippen LogP contribution >= 0.6 is 0 Å². The van der Waals surface area contributed by atoms with Gasteiger partial charge in [0.15, 0.2) is 0 Å². The lowest BCUT2D eigenvalue weighted by atomic mass is 9.75. The summed E-state index contributed by atoms with van der Waals surface area (Å²) < 4.78 is 11.2. The first-order valence-electron chi connectivity index (χ1n) is 10.5. The molecule has 1 aliphatic rings. The van der Waals surface area contributed by atoms with Crippen molar-refractivity contribution in [1.82, 2.24) is 4.90 Å². The Balaban J connectivity index is 1.90. The molecule has 2 atom stereocenters. The van der Waals surface area contributed by atoms with Crippen LogP contribution in [-0.4, -0.2) is 49.5 Å². The maximum absolute atomic E-state index is 11.9. The first-order chi connectivity index (χ1) is 13.7. The van der Waals surface area contributed by atoms with Crippen molar-refractivity contribution >= 4 is 0 Å². The van der Waals surface area contributed by atoms with Crippen molar-refractivity contribution in [2.45, 2.75) is 38.2 Å². The predicted molar refractivity (Wildman–Crippen MR) is 113 cm³/mol. The molecule has 1 fully saturated rings. The van der Waals surface area contributed by atoms with Crippen LogP contribution in [0.25, 0.3) is 0 Å². The number of aliphatic hydroxyl groups is 1. The summed E-state index contributed by atoms with van der Waals surface area (Å²) in [6.07, 6.45) is 1.63. The van der Waals surface area contributed by atoms with Crippen molar-refractivity contribution in [3.05, 3.63) is 65.7 Å². The minimum absolute atomic E-state index is 0.0146. The molecule has 4 nitrogen and oxygen atoms in total. The van der Waals surface area contributed by atoms with Gasteiger partial charge in [-0.15, -0.1) is 0 Å². The molecule has 0 radical (unpaired) electrons. The van der Waals surface area contributed by atoms with Gasteiger partial charge in [-0.05, 0) is 36.1 Å². The highest BCUT2D eigenvalue weighted by Crippen LogP contribution is 2.41. The quantitative estimate of drug-likeness (QED) is 0.705. The van der Waals surface area contributed by atoms with Crippen LogP contribution in [0.4, 0.5) is 0 Å². The largest absolute Gasteiger partial charge is 0.494 e. The number of benzene rings is 2. The second-order valence-electron chi connectivity index (χ2n) is 7.53. The molecule has 1 aliphatic heterocycles. The Labute approximate surface area is 169 Å². The monoisotopic (exact) mass is 383 g/mol. The van der Waals surface area contributed by atoms with Gasteiger partial charge in [-0.1, -0.05) is 56.3 Å². The predicted octanol–water partition coefficient (Wildman–Crippen LogP) is 4.19. The van der Waals surface area contributed by atoms with Gasteiger partial charge >= 0.3 is 0 Å². The normalized spacial score (nSPS) is 18.4. The Morgan fingerprint density at radius 2 is 1.71 bits per heavy atom. The number of hydrogen-bond acceptors (Lipinski definition) is 4. The molecule has 0 aromatic heterocycles. The van der Waals surface area contributed by atoms with E-state index in [2.05, 4.69) is 43.0 Å². The first-order valence-corrected chi connectivity index (χ1v) is 10.5. The highest BCUT2D eigenvalue weighted by atomic mass is 16.5. The number of morpholine rings is 1. The average molecular weight is 384 g/mol. The van der Waals surface area contributed by atoms with E-state index in [4.69, 9.17) is 9.47 Å². The van der Waals surface area contributed by atoms with Crippen molar-refractivity contribution < 1.29 is 14.6 Å². The van der Waals surface area contributed by atoms with E-state index in [0.29, 0.717) is 13.0 Å². The molecular formula is C24H33NO3. The topological polar surface area (TPSA) is 41.9 Å². The van der Waals surface area contributed by atoms with Crippen LogP contribution in [0.1, 0.15) is 43.7 Å². The molecule has 0 amide bonds. The molecule has 0 aliphatic carbocycles. The standard InChI is InChI=1S/C24H33NO3/c1-3-16-28-22-12-10-21(11-13-22)24(26,4-2)23(20-8-6-5-7-9-20)19-25-14-17-27-18-15-25/h5-13,23,26H,3-4,14-19H2,1-2H3. The minimum atomic E-state index is -0.942. The Morgan fingerprint density at radius 1 is 1.04 bits per heavy atom. The molecule has 28 heavy (non-hydrogen) atoms. The lowest BCUT2D eigenvalue weighted by Gasteiger charge is -2.40. The van der Waals surface area contributed by atoms with Crippen LogP contribution in [-0.2, 0) is 10.3 Å². The summed E-state index contributed by atoms with van der Waals surface area (Å²) >= 11 is 0. The van der Waals surface area contributed by atoms with E-state index in [9.17, 15) is 5.11 Å². The van der Waals surface area contributed by atoms with Gasteiger partial charge in [-0.2, -0.15) is 0 Å². The maximum atomic E-state index is 11.9. The summed E-state index contributed by atoms with van der Waals surface area (Å²) in [6.45, 7) is 9.02. The summed E-state index contributed by atoms with van der Waals surface area (Å²) in [7, 11) is 0. The second kappa shape index (κ2) is 10.1. The number of hydrogen-bond donors (Lipinski definition) is 1. The van der Waals surface area contributed by atoms with Crippen LogP contribution < -0.4 is 4.74 Å². The van der Waals surface area contributed by atoms with Crippen molar-refractivity contribution in [1.29, 1.82) is 0 Å². The molecule has 152 valence electrons. The highest BCUT2D eigenvalue weighted by Gasteiger charge is 2.39. The Morgan fingerprint density at radius 3 is 2.32 bits per heavy atom. The van der Waals surface area contributed by atoms with Gasteiger partial charge in [0, 0.05) is 25.6 Å². The van der Waals surface area contributed by atoms with Crippen LogP contribution in [0.3, 0.4) is 0 Å². The summed E-state index contributed by atoms with van der Waals surface area (Å²) in [4.78, 5) is 2.40. The molecule has 1 N–H and O–H groups in total. The molecule has 4 heteroatoms. The van der Waals surface area contributed by atoms with Gasteiger partial charge in [0.1, 0.15) is 5.75 Å². The van der Waals surface area contributed by atoms with Crippen LogP contribution in [0, 0.1) is 0 Å². The molecule has 2 unspecified atom stereocenters. The molecular weight excluding hydrogens is 350 g/mol.